The van der Waals surface area contributed by atoms with Crippen molar-refractivity contribution in [3.63, 3.8) is 0 Å². The molecular weight excluding hydrogens is 334 g/mol. The maximum atomic E-state index is 5.14. The first-order chi connectivity index (χ1) is 13.3. The highest BCUT2D eigenvalue weighted by Crippen LogP contribution is 2.32. The fourth-order valence-corrected chi connectivity index (χ4v) is 5.28. The zero-order valence-electron chi connectivity index (χ0n) is 16.4. The van der Waals surface area contributed by atoms with Crippen molar-refractivity contribution in [2.75, 3.05) is 32.7 Å². The molecule has 2 fully saturated rings. The van der Waals surface area contributed by atoms with Crippen molar-refractivity contribution in [2.45, 2.75) is 44.3 Å². The van der Waals surface area contributed by atoms with E-state index >= 15 is 0 Å². The molecule has 0 radical (unpaired) electrons. The lowest BCUT2D eigenvalue weighted by atomic mass is 10.0. The Bertz CT molecular complexity index is 770. The molecule has 144 valence electrons. The Morgan fingerprint density at radius 2 is 1.67 bits per heavy atom. The molecule has 1 aromatic carbocycles. The summed E-state index contributed by atoms with van der Waals surface area (Å²) in [7, 11) is 2.16. The average molecular weight is 366 g/mol. The van der Waals surface area contributed by atoms with Crippen LogP contribution in [0.2, 0.25) is 0 Å². The number of nitrogens with zero attached hydrogens (tertiary/aromatic N) is 4. The van der Waals surface area contributed by atoms with Crippen molar-refractivity contribution >= 4 is 0 Å². The molecule has 27 heavy (non-hydrogen) atoms. The van der Waals surface area contributed by atoms with E-state index in [1.807, 2.05) is 0 Å². The molecule has 5 nitrogen and oxygen atoms in total. The summed E-state index contributed by atoms with van der Waals surface area (Å²) in [6.45, 7) is 6.70. The van der Waals surface area contributed by atoms with Crippen LogP contribution in [0, 0.1) is 0 Å². The Hall–Kier alpha value is -1.69. The third kappa shape index (κ3) is 3.22. The smallest absolute Gasteiger partial charge is 0.140 e. The fourth-order valence-electron chi connectivity index (χ4n) is 5.28. The van der Waals surface area contributed by atoms with Gasteiger partial charge in [-0.15, -0.1) is 0 Å². The summed E-state index contributed by atoms with van der Waals surface area (Å²) in [5, 5.41) is 3.64. The Kier molecular flexibility index (Phi) is 4.76. The number of hydrogen-bond donors (Lipinski definition) is 1. The quantitative estimate of drug-likeness (QED) is 0.907. The van der Waals surface area contributed by atoms with Crippen molar-refractivity contribution in [3.8, 4) is 11.4 Å². The van der Waals surface area contributed by atoms with Crippen LogP contribution >= 0.6 is 0 Å². The summed E-state index contributed by atoms with van der Waals surface area (Å²) < 4.78 is 2.29. The molecule has 1 aromatic heterocycles. The third-order valence-electron chi connectivity index (χ3n) is 6.85. The normalized spacial score (nSPS) is 25.0. The second kappa shape index (κ2) is 7.38. The monoisotopic (exact) mass is 365 g/mol. The third-order valence-corrected chi connectivity index (χ3v) is 6.85. The van der Waals surface area contributed by atoms with Gasteiger partial charge in [-0.3, -0.25) is 9.80 Å². The largest absolute Gasteiger partial charge is 0.330 e. The van der Waals surface area contributed by atoms with Crippen molar-refractivity contribution in [2.24, 2.45) is 7.05 Å². The van der Waals surface area contributed by atoms with E-state index in [0.29, 0.717) is 6.04 Å². The Labute approximate surface area is 162 Å². The molecule has 3 heterocycles. The van der Waals surface area contributed by atoms with E-state index in [1.54, 1.807) is 0 Å². The van der Waals surface area contributed by atoms with Crippen molar-refractivity contribution < 1.29 is 0 Å². The Morgan fingerprint density at radius 3 is 2.41 bits per heavy atom. The highest BCUT2D eigenvalue weighted by Gasteiger charge is 2.34. The molecular formula is C22H31N5. The van der Waals surface area contributed by atoms with Gasteiger partial charge >= 0.3 is 0 Å². The predicted octanol–water partition coefficient (Wildman–Crippen LogP) is 2.79. The van der Waals surface area contributed by atoms with E-state index in [0.717, 1.165) is 25.0 Å². The SMILES string of the molecule is Cn1c(-c2ccccc2)nc2c1CNCC2N1CCN(C2CCCC2)CC1. The van der Waals surface area contributed by atoms with Gasteiger partial charge in [-0.05, 0) is 12.8 Å². The molecule has 1 unspecified atom stereocenters. The van der Waals surface area contributed by atoms with Gasteiger partial charge < -0.3 is 9.88 Å². The number of piperazine rings is 1. The molecule has 0 bridgehead atoms. The van der Waals surface area contributed by atoms with Crippen LogP contribution in [0.5, 0.6) is 0 Å². The van der Waals surface area contributed by atoms with Gasteiger partial charge in [0, 0.05) is 57.9 Å². The molecule has 0 amide bonds. The van der Waals surface area contributed by atoms with Crippen LogP contribution in [0.4, 0.5) is 0 Å². The first-order valence-corrected chi connectivity index (χ1v) is 10.6. The van der Waals surface area contributed by atoms with E-state index < -0.39 is 0 Å². The van der Waals surface area contributed by atoms with Gasteiger partial charge in [-0.2, -0.15) is 0 Å². The van der Waals surface area contributed by atoms with Crippen LogP contribution < -0.4 is 5.32 Å². The zero-order valence-corrected chi connectivity index (χ0v) is 16.4. The van der Waals surface area contributed by atoms with Crippen LogP contribution in [0.15, 0.2) is 30.3 Å². The molecule has 3 aliphatic rings. The molecule has 1 atom stereocenters. The number of nitrogens with one attached hydrogen (secondary N) is 1. The minimum Gasteiger partial charge on any atom is -0.330 e. The summed E-state index contributed by atoms with van der Waals surface area (Å²) >= 11 is 0. The lowest BCUT2D eigenvalue weighted by Crippen LogP contribution is -2.52. The van der Waals surface area contributed by atoms with Crippen LogP contribution in [-0.2, 0) is 13.6 Å². The fraction of sp³-hybridized carbons (Fsp3) is 0.591. The van der Waals surface area contributed by atoms with Crippen LogP contribution in [0.1, 0.15) is 43.1 Å². The van der Waals surface area contributed by atoms with Gasteiger partial charge in [0.2, 0.25) is 0 Å². The summed E-state index contributed by atoms with van der Waals surface area (Å²) in [6, 6.07) is 11.9. The first-order valence-electron chi connectivity index (χ1n) is 10.6. The molecule has 2 aliphatic heterocycles. The summed E-state index contributed by atoms with van der Waals surface area (Å²) in [4.78, 5) is 10.6. The van der Waals surface area contributed by atoms with Crippen LogP contribution in [-0.4, -0.2) is 58.1 Å². The second-order valence-electron chi connectivity index (χ2n) is 8.35. The molecule has 2 aromatic rings. The average Bonchev–Trinajstić information content (AvgIpc) is 3.37. The van der Waals surface area contributed by atoms with E-state index in [-0.39, 0.29) is 0 Å². The minimum atomic E-state index is 0.406. The van der Waals surface area contributed by atoms with E-state index in [2.05, 4.69) is 57.1 Å². The molecule has 1 N–H and O–H groups in total. The molecule has 0 spiro atoms. The lowest BCUT2D eigenvalue weighted by molar-refractivity contribution is 0.0659. The number of rotatable bonds is 3. The molecule has 1 saturated heterocycles. The van der Waals surface area contributed by atoms with Gasteiger partial charge in [0.15, 0.2) is 0 Å². The van der Waals surface area contributed by atoms with Crippen molar-refractivity contribution in [3.05, 3.63) is 41.7 Å². The van der Waals surface area contributed by atoms with Crippen molar-refractivity contribution in [1.82, 2.24) is 24.7 Å². The lowest BCUT2D eigenvalue weighted by Gasteiger charge is -2.42. The standard InChI is InChI=1S/C22H31N5/c1-25-19-15-23-16-20(21(19)24-22(25)17-7-3-2-4-8-17)27-13-11-26(12-14-27)18-9-5-6-10-18/h2-4,7-8,18,20,23H,5-6,9-16H2,1H3. The number of fused-ring (bicyclic) bond motifs is 1. The number of benzene rings is 1. The molecule has 5 rings (SSSR count). The van der Waals surface area contributed by atoms with E-state index in [1.165, 1.54) is 68.8 Å². The van der Waals surface area contributed by atoms with Gasteiger partial charge in [-0.1, -0.05) is 43.2 Å². The van der Waals surface area contributed by atoms with E-state index in [4.69, 9.17) is 4.98 Å². The molecule has 5 heteroatoms. The van der Waals surface area contributed by atoms with Crippen molar-refractivity contribution in [1.29, 1.82) is 0 Å². The topological polar surface area (TPSA) is 36.3 Å². The van der Waals surface area contributed by atoms with Gasteiger partial charge in [0.1, 0.15) is 5.82 Å². The van der Waals surface area contributed by atoms with Crippen LogP contribution in [0.3, 0.4) is 0 Å². The maximum Gasteiger partial charge on any atom is 0.140 e. The van der Waals surface area contributed by atoms with Gasteiger partial charge in [0.05, 0.1) is 17.4 Å². The summed E-state index contributed by atoms with van der Waals surface area (Å²) in [5.74, 6) is 1.10. The summed E-state index contributed by atoms with van der Waals surface area (Å²) in [6.07, 6.45) is 5.68. The Morgan fingerprint density at radius 1 is 0.963 bits per heavy atom. The number of hydrogen-bond acceptors (Lipinski definition) is 4. The highest BCUT2D eigenvalue weighted by molar-refractivity contribution is 5.57. The Balaban J connectivity index is 1.36. The van der Waals surface area contributed by atoms with Gasteiger partial charge in [-0.25, -0.2) is 4.98 Å². The zero-order chi connectivity index (χ0) is 18.2. The van der Waals surface area contributed by atoms with E-state index in [9.17, 15) is 0 Å². The van der Waals surface area contributed by atoms with Gasteiger partial charge in [0.25, 0.3) is 0 Å². The second-order valence-corrected chi connectivity index (χ2v) is 8.35. The molecule has 1 aliphatic carbocycles. The maximum absolute atomic E-state index is 5.14. The molecule has 1 saturated carbocycles. The van der Waals surface area contributed by atoms with Crippen LogP contribution in [0.25, 0.3) is 11.4 Å². The summed E-state index contributed by atoms with van der Waals surface area (Å²) in [5.41, 5.74) is 3.85. The first kappa shape index (κ1) is 17.4. The highest BCUT2D eigenvalue weighted by atomic mass is 15.3. The number of aromatic nitrogens is 2. The minimum absolute atomic E-state index is 0.406. The predicted molar refractivity (Wildman–Crippen MR) is 108 cm³/mol. The number of imidazole rings is 1.